The fraction of sp³-hybridized carbons (Fsp3) is 0.440. The molecule has 2 aliphatic rings. The van der Waals surface area contributed by atoms with E-state index >= 15 is 0 Å². The van der Waals surface area contributed by atoms with E-state index < -0.39 is 6.04 Å². The second-order valence-corrected chi connectivity index (χ2v) is 8.20. The van der Waals surface area contributed by atoms with Gasteiger partial charge in [0.15, 0.2) is 0 Å². The minimum atomic E-state index is -0.580. The summed E-state index contributed by atoms with van der Waals surface area (Å²) in [5.74, 6) is 0.659. The Kier molecular flexibility index (Phi) is 6.36. The molecule has 1 fully saturated rings. The van der Waals surface area contributed by atoms with Crippen LogP contribution in [0.3, 0.4) is 0 Å². The second kappa shape index (κ2) is 9.33. The molecular weight excluding hydrogens is 376 g/mol. The van der Waals surface area contributed by atoms with Crippen LogP contribution in [0.25, 0.3) is 0 Å². The molecule has 5 heteroatoms. The molecule has 1 aliphatic heterocycles. The number of carbonyl (C=O) groups excluding carboxylic acids is 2. The summed E-state index contributed by atoms with van der Waals surface area (Å²) in [5.41, 5.74) is 2.41. The third-order valence-corrected chi connectivity index (χ3v) is 6.10. The predicted molar refractivity (Wildman–Crippen MR) is 116 cm³/mol. The lowest BCUT2D eigenvalue weighted by Crippen LogP contribution is -2.43. The number of fused-ring (bicyclic) bond motifs is 1. The van der Waals surface area contributed by atoms with Crippen molar-refractivity contribution in [2.24, 2.45) is 0 Å². The average molecular weight is 407 g/mol. The summed E-state index contributed by atoms with van der Waals surface area (Å²) < 4.78 is 5.51. The normalized spacial score (nSPS) is 19.3. The van der Waals surface area contributed by atoms with E-state index in [1.54, 1.807) is 4.90 Å². The highest BCUT2D eigenvalue weighted by Gasteiger charge is 2.41. The maximum absolute atomic E-state index is 13.3. The minimum Gasteiger partial charge on any atom is -0.494 e. The molecule has 30 heavy (non-hydrogen) atoms. The molecule has 1 atom stereocenters. The van der Waals surface area contributed by atoms with Crippen molar-refractivity contribution in [1.29, 1.82) is 0 Å². The van der Waals surface area contributed by atoms with Crippen LogP contribution in [0.4, 0.5) is 0 Å². The van der Waals surface area contributed by atoms with Crippen molar-refractivity contribution < 1.29 is 14.3 Å². The van der Waals surface area contributed by atoms with E-state index in [1.165, 1.54) is 12.8 Å². The van der Waals surface area contributed by atoms with Gasteiger partial charge in [-0.2, -0.15) is 0 Å². The smallest absolute Gasteiger partial charge is 0.255 e. The zero-order valence-corrected chi connectivity index (χ0v) is 17.6. The highest BCUT2D eigenvalue weighted by molar-refractivity contribution is 6.04. The average Bonchev–Trinajstić information content (AvgIpc) is 2.90. The van der Waals surface area contributed by atoms with Gasteiger partial charge in [-0.25, -0.2) is 0 Å². The summed E-state index contributed by atoms with van der Waals surface area (Å²) in [4.78, 5) is 28.2. The van der Waals surface area contributed by atoms with Gasteiger partial charge in [0.25, 0.3) is 5.91 Å². The van der Waals surface area contributed by atoms with E-state index in [0.29, 0.717) is 18.7 Å². The van der Waals surface area contributed by atoms with Gasteiger partial charge < -0.3 is 15.0 Å². The van der Waals surface area contributed by atoms with Crippen LogP contribution in [0.15, 0.2) is 48.5 Å². The van der Waals surface area contributed by atoms with E-state index in [9.17, 15) is 9.59 Å². The summed E-state index contributed by atoms with van der Waals surface area (Å²) in [6.07, 6.45) is 6.82. The van der Waals surface area contributed by atoms with E-state index in [4.69, 9.17) is 4.74 Å². The second-order valence-electron chi connectivity index (χ2n) is 8.20. The maximum atomic E-state index is 13.3. The molecule has 2 aromatic carbocycles. The van der Waals surface area contributed by atoms with Crippen LogP contribution in [-0.4, -0.2) is 29.4 Å². The van der Waals surface area contributed by atoms with Crippen molar-refractivity contribution in [3.05, 3.63) is 65.2 Å². The van der Waals surface area contributed by atoms with Crippen molar-refractivity contribution in [2.45, 2.75) is 64.1 Å². The number of hydrogen-bond acceptors (Lipinski definition) is 3. The molecule has 5 nitrogen and oxygen atoms in total. The molecule has 0 spiro atoms. The summed E-state index contributed by atoms with van der Waals surface area (Å²) in [5, 5.41) is 3.25. The maximum Gasteiger partial charge on any atom is 0.255 e. The van der Waals surface area contributed by atoms with E-state index in [0.717, 1.165) is 42.6 Å². The van der Waals surface area contributed by atoms with Gasteiger partial charge in [-0.3, -0.25) is 9.59 Å². The summed E-state index contributed by atoms with van der Waals surface area (Å²) >= 11 is 0. The van der Waals surface area contributed by atoms with Crippen LogP contribution in [0.1, 0.15) is 73.0 Å². The lowest BCUT2D eigenvalue weighted by molar-refractivity contribution is -0.126. The molecular formula is C25H30N2O3. The van der Waals surface area contributed by atoms with Crippen molar-refractivity contribution in [1.82, 2.24) is 10.2 Å². The number of nitrogens with one attached hydrogen (secondary N) is 1. The van der Waals surface area contributed by atoms with Gasteiger partial charge in [-0.15, -0.1) is 0 Å². The largest absolute Gasteiger partial charge is 0.494 e. The monoisotopic (exact) mass is 406 g/mol. The Bertz CT molecular complexity index is 886. The first-order valence-electron chi connectivity index (χ1n) is 11.1. The van der Waals surface area contributed by atoms with Crippen LogP contribution in [0, 0.1) is 0 Å². The van der Waals surface area contributed by atoms with E-state index in [1.807, 2.05) is 55.5 Å². The van der Waals surface area contributed by atoms with Gasteiger partial charge in [0.1, 0.15) is 11.8 Å². The van der Waals surface area contributed by atoms with E-state index in [-0.39, 0.29) is 17.9 Å². The SMILES string of the molecule is CCOc1ccc(CN2C(=O)c3ccccc3C2C(=O)NC2CCCCCC2)cc1. The Labute approximate surface area is 178 Å². The van der Waals surface area contributed by atoms with Gasteiger partial charge in [-0.1, -0.05) is 56.0 Å². The van der Waals surface area contributed by atoms with Gasteiger partial charge in [0.05, 0.1) is 6.61 Å². The van der Waals surface area contributed by atoms with Crippen LogP contribution < -0.4 is 10.1 Å². The third-order valence-electron chi connectivity index (χ3n) is 6.10. The first-order valence-corrected chi connectivity index (χ1v) is 11.1. The molecule has 0 radical (unpaired) electrons. The van der Waals surface area contributed by atoms with Gasteiger partial charge >= 0.3 is 0 Å². The van der Waals surface area contributed by atoms with Gasteiger partial charge in [-0.05, 0) is 49.1 Å². The molecule has 1 aliphatic carbocycles. The zero-order chi connectivity index (χ0) is 20.9. The number of nitrogens with zero attached hydrogens (tertiary/aromatic N) is 1. The van der Waals surface area contributed by atoms with Crippen molar-refractivity contribution in [3.63, 3.8) is 0 Å². The fourth-order valence-electron chi connectivity index (χ4n) is 4.57. The molecule has 2 aromatic rings. The predicted octanol–water partition coefficient (Wildman–Crippen LogP) is 4.62. The Morgan fingerprint density at radius 2 is 1.73 bits per heavy atom. The minimum absolute atomic E-state index is 0.0638. The highest BCUT2D eigenvalue weighted by atomic mass is 16.5. The quantitative estimate of drug-likeness (QED) is 0.712. The fourth-order valence-corrected chi connectivity index (χ4v) is 4.57. The standard InChI is InChI=1S/C25H30N2O3/c1-2-30-20-15-13-18(14-16-20)17-27-23(21-11-7-8-12-22(21)25(27)29)24(28)26-19-9-5-3-4-6-10-19/h7-8,11-16,19,23H,2-6,9-10,17H2,1H3,(H,26,28). The molecule has 1 unspecified atom stereocenters. The summed E-state index contributed by atoms with van der Waals surface area (Å²) in [6.45, 7) is 2.96. The topological polar surface area (TPSA) is 58.6 Å². The Morgan fingerprint density at radius 3 is 2.43 bits per heavy atom. The van der Waals surface area contributed by atoms with Gasteiger partial charge in [0.2, 0.25) is 5.91 Å². The number of hydrogen-bond donors (Lipinski definition) is 1. The molecule has 1 N–H and O–H groups in total. The summed E-state index contributed by atoms with van der Waals surface area (Å²) in [7, 11) is 0. The number of benzene rings is 2. The number of carbonyl (C=O) groups is 2. The lowest BCUT2D eigenvalue weighted by Gasteiger charge is -2.27. The van der Waals surface area contributed by atoms with Gasteiger partial charge in [0, 0.05) is 18.2 Å². The van der Waals surface area contributed by atoms with Crippen molar-refractivity contribution in [3.8, 4) is 5.75 Å². The zero-order valence-electron chi connectivity index (χ0n) is 17.6. The van der Waals surface area contributed by atoms with Crippen LogP contribution in [-0.2, 0) is 11.3 Å². The highest BCUT2D eigenvalue weighted by Crippen LogP contribution is 2.35. The van der Waals surface area contributed by atoms with Crippen LogP contribution in [0.2, 0.25) is 0 Å². The lowest BCUT2D eigenvalue weighted by atomic mass is 10.0. The first-order chi connectivity index (χ1) is 14.7. The third kappa shape index (κ3) is 4.35. The summed E-state index contributed by atoms with van der Waals surface area (Å²) in [6, 6.07) is 14.8. The van der Waals surface area contributed by atoms with E-state index in [2.05, 4.69) is 5.32 Å². The number of rotatable bonds is 6. The van der Waals surface area contributed by atoms with Crippen LogP contribution in [0.5, 0.6) is 5.75 Å². The van der Waals surface area contributed by atoms with Crippen LogP contribution >= 0.6 is 0 Å². The molecule has 158 valence electrons. The molecule has 0 aromatic heterocycles. The molecule has 4 rings (SSSR count). The Morgan fingerprint density at radius 1 is 1.03 bits per heavy atom. The van der Waals surface area contributed by atoms with Crippen molar-refractivity contribution >= 4 is 11.8 Å². The van der Waals surface area contributed by atoms with Crippen molar-refractivity contribution in [2.75, 3.05) is 6.61 Å². The number of ether oxygens (including phenoxy) is 1. The molecule has 2 amide bonds. The Hall–Kier alpha value is -2.82. The Balaban J connectivity index is 1.56. The number of amides is 2. The molecule has 1 heterocycles. The molecule has 0 saturated heterocycles. The molecule has 0 bridgehead atoms. The first kappa shape index (κ1) is 20.5. The molecule has 1 saturated carbocycles.